The molecule has 1 aliphatic carbocycles. The van der Waals surface area contributed by atoms with E-state index < -0.39 is 36.3 Å². The highest BCUT2D eigenvalue weighted by molar-refractivity contribution is 5.90. The molecular weight excluding hydrogens is 711 g/mol. The summed E-state index contributed by atoms with van der Waals surface area (Å²) in [7, 11) is 4.94. The second-order valence-electron chi connectivity index (χ2n) is 16.6. The summed E-state index contributed by atoms with van der Waals surface area (Å²) in [6, 6.07) is 9.83. The zero-order chi connectivity index (χ0) is 40.5. The maximum atomic E-state index is 14.3. The normalized spacial score (nSPS) is 24.2. The summed E-state index contributed by atoms with van der Waals surface area (Å²) < 4.78 is 12.1. The number of aromatic nitrogens is 2. The lowest BCUT2D eigenvalue weighted by molar-refractivity contribution is -0.147. The van der Waals surface area contributed by atoms with E-state index >= 15 is 0 Å². The van der Waals surface area contributed by atoms with Crippen LogP contribution in [-0.2, 0) is 35.1 Å². The van der Waals surface area contributed by atoms with Gasteiger partial charge in [-0.3, -0.25) is 19.2 Å². The fourth-order valence-corrected chi connectivity index (χ4v) is 9.28. The number of piperidine rings is 1. The first-order valence-electron chi connectivity index (χ1n) is 20.7. The molecule has 3 fully saturated rings. The van der Waals surface area contributed by atoms with Crippen LogP contribution >= 0.6 is 0 Å². The summed E-state index contributed by atoms with van der Waals surface area (Å²) in [5.41, 5.74) is 1.04. The number of rotatable bonds is 19. The molecule has 0 unspecified atom stereocenters. The van der Waals surface area contributed by atoms with Gasteiger partial charge in [0.25, 0.3) is 0 Å². The van der Waals surface area contributed by atoms with Crippen molar-refractivity contribution in [3.8, 4) is 0 Å². The van der Waals surface area contributed by atoms with E-state index in [0.29, 0.717) is 37.2 Å². The van der Waals surface area contributed by atoms with Gasteiger partial charge in [-0.25, -0.2) is 9.97 Å². The molecule has 0 radical (unpaired) electrons. The lowest BCUT2D eigenvalue weighted by atomic mass is 9.89. The van der Waals surface area contributed by atoms with Gasteiger partial charge in [0.05, 0.1) is 48.7 Å². The van der Waals surface area contributed by atoms with Crippen LogP contribution in [0.3, 0.4) is 0 Å². The van der Waals surface area contributed by atoms with E-state index in [9.17, 15) is 19.2 Å². The number of hydrogen-bond donors (Lipinski definition) is 3. The fourth-order valence-electron chi connectivity index (χ4n) is 9.28. The van der Waals surface area contributed by atoms with Crippen molar-refractivity contribution in [1.29, 1.82) is 0 Å². The lowest BCUT2D eigenvalue weighted by Crippen LogP contribution is -2.59. The number of amides is 4. The van der Waals surface area contributed by atoms with Gasteiger partial charge in [-0.1, -0.05) is 71.4 Å². The third-order valence-electron chi connectivity index (χ3n) is 12.6. The highest BCUT2D eigenvalue weighted by atomic mass is 16.5. The second-order valence-corrected chi connectivity index (χ2v) is 16.6. The Morgan fingerprint density at radius 3 is 2.27 bits per heavy atom. The molecule has 4 amide bonds. The molecule has 1 saturated carbocycles. The van der Waals surface area contributed by atoms with Crippen LogP contribution in [0.25, 0.3) is 0 Å². The predicted octanol–water partition coefficient (Wildman–Crippen LogP) is 4.08. The van der Waals surface area contributed by atoms with Gasteiger partial charge in [-0.2, -0.15) is 0 Å². The van der Waals surface area contributed by atoms with Gasteiger partial charge in [0.2, 0.25) is 23.6 Å². The van der Waals surface area contributed by atoms with E-state index in [1.54, 1.807) is 44.6 Å². The van der Waals surface area contributed by atoms with Crippen LogP contribution in [0.4, 0.5) is 0 Å². The molecule has 11 atom stereocenters. The molecule has 3 aliphatic rings. The molecule has 3 heterocycles. The van der Waals surface area contributed by atoms with Crippen LogP contribution in [0.2, 0.25) is 0 Å². The van der Waals surface area contributed by atoms with Crippen LogP contribution in [0.5, 0.6) is 0 Å². The summed E-state index contributed by atoms with van der Waals surface area (Å²) in [5, 5.41) is 9.72. The Hall–Kier alpha value is -3.94. The number of fused-ring (bicyclic) bond motifs is 2. The third kappa shape index (κ3) is 10.1. The lowest BCUT2D eigenvalue weighted by Gasteiger charge is -2.41. The SMILES string of the molecule is CC[C@H](C)[C@@H]([C@H](CC(=O)N1CCC[C@H]1[C@H](OC)[C@@H](C)C(=O)N[C@@H](Cc1ccccc1)c1ncccn1)OC)N(C)C(=O)[C@@H](NC(=O)[C@H]1N[C@@H]2CC[C@H]1C2)C(C)C. The number of methoxy groups -OCH3 is 2. The molecule has 2 aromatic rings. The first kappa shape index (κ1) is 43.2. The van der Waals surface area contributed by atoms with E-state index in [0.717, 1.165) is 37.7 Å². The van der Waals surface area contributed by atoms with Crippen molar-refractivity contribution in [3.63, 3.8) is 0 Å². The summed E-state index contributed by atoms with van der Waals surface area (Å²) in [6.07, 6.45) is 8.09. The number of carbonyl (C=O) groups is 4. The molecule has 2 saturated heterocycles. The second kappa shape index (κ2) is 20.0. The van der Waals surface area contributed by atoms with Crippen molar-refractivity contribution in [2.45, 2.75) is 134 Å². The topological polar surface area (TPSA) is 155 Å². The number of nitrogens with one attached hydrogen (secondary N) is 3. The molecular formula is C43H65N7O6. The van der Waals surface area contributed by atoms with E-state index in [2.05, 4.69) is 39.8 Å². The van der Waals surface area contributed by atoms with Gasteiger partial charge in [0.15, 0.2) is 5.82 Å². The Morgan fingerprint density at radius 2 is 1.68 bits per heavy atom. The van der Waals surface area contributed by atoms with Gasteiger partial charge >= 0.3 is 0 Å². The minimum Gasteiger partial charge on any atom is -0.379 e. The van der Waals surface area contributed by atoms with Gasteiger partial charge in [0, 0.05) is 46.2 Å². The average molecular weight is 776 g/mol. The smallest absolute Gasteiger partial charge is 0.245 e. The number of benzene rings is 1. The van der Waals surface area contributed by atoms with Crippen LogP contribution in [0, 0.1) is 23.7 Å². The third-order valence-corrected chi connectivity index (χ3v) is 12.6. The number of carbonyl (C=O) groups excluding carboxylic acids is 4. The summed E-state index contributed by atoms with van der Waals surface area (Å²) in [6.45, 7) is 10.4. The largest absolute Gasteiger partial charge is 0.379 e. The Labute approximate surface area is 333 Å². The van der Waals surface area contributed by atoms with Crippen molar-refractivity contribution in [3.05, 3.63) is 60.2 Å². The number of nitrogens with zero attached hydrogens (tertiary/aromatic N) is 4. The highest BCUT2D eigenvalue weighted by Gasteiger charge is 2.46. The minimum atomic E-state index is -0.716. The summed E-state index contributed by atoms with van der Waals surface area (Å²) >= 11 is 0. The van der Waals surface area contributed by atoms with Crippen molar-refractivity contribution in [1.82, 2.24) is 35.7 Å². The summed E-state index contributed by atoms with van der Waals surface area (Å²) in [5.74, 6) is -0.536. The molecule has 308 valence electrons. The molecule has 13 nitrogen and oxygen atoms in total. The maximum absolute atomic E-state index is 14.3. The average Bonchev–Trinajstić information content (AvgIpc) is 3.99. The standard InChI is InChI=1S/C43H65N7O6/c1-9-27(4)38(49(6)43(54)36(26(2)3)48-42(53)37-30-18-19-31(24-30)46-37)34(55-7)25-35(51)50-22-13-17-33(50)39(56-8)28(5)41(52)47-32(40-44-20-14-21-45-40)23-29-15-11-10-12-16-29/h10-12,14-16,20-21,26-28,30-34,36-39,46H,9,13,17-19,22-25H2,1-8H3,(H,47,52)(H,48,53)/t27-,28+,30-,31+,32-,33-,34-,36-,37-,38-,39+/m0/s1. The summed E-state index contributed by atoms with van der Waals surface area (Å²) in [4.78, 5) is 68.4. The van der Waals surface area contributed by atoms with Crippen molar-refractivity contribution in [2.24, 2.45) is 23.7 Å². The van der Waals surface area contributed by atoms with E-state index in [1.165, 1.54) is 0 Å². The fraction of sp³-hybridized carbons (Fsp3) is 0.674. The van der Waals surface area contributed by atoms with Gasteiger partial charge in [0.1, 0.15) is 6.04 Å². The molecule has 3 N–H and O–H groups in total. The number of ether oxygens (including phenoxy) is 2. The molecule has 2 aliphatic heterocycles. The Bertz CT molecular complexity index is 1600. The van der Waals surface area contributed by atoms with Crippen molar-refractivity contribution < 1.29 is 28.7 Å². The first-order chi connectivity index (χ1) is 26.9. The van der Waals surface area contributed by atoms with Crippen molar-refractivity contribution >= 4 is 23.6 Å². The van der Waals surface area contributed by atoms with Crippen LogP contribution in [0.15, 0.2) is 48.8 Å². The Balaban J connectivity index is 1.27. The van der Waals surface area contributed by atoms with Crippen LogP contribution in [0.1, 0.15) is 97.0 Å². The Morgan fingerprint density at radius 1 is 0.964 bits per heavy atom. The number of hydrogen-bond acceptors (Lipinski definition) is 9. The van der Waals surface area contributed by atoms with Gasteiger partial charge in [-0.05, 0) is 67.9 Å². The van der Waals surface area contributed by atoms with Crippen LogP contribution in [-0.4, -0.2) is 114 Å². The molecule has 0 spiro atoms. The zero-order valence-corrected chi connectivity index (χ0v) is 34.6. The molecule has 1 aromatic carbocycles. The maximum Gasteiger partial charge on any atom is 0.245 e. The Kier molecular flexibility index (Phi) is 15.4. The van der Waals surface area contributed by atoms with Crippen molar-refractivity contribution in [2.75, 3.05) is 27.8 Å². The monoisotopic (exact) mass is 775 g/mol. The van der Waals surface area contributed by atoms with Gasteiger partial charge in [-0.15, -0.1) is 0 Å². The first-order valence-corrected chi connectivity index (χ1v) is 20.7. The predicted molar refractivity (Wildman–Crippen MR) is 214 cm³/mol. The van der Waals surface area contributed by atoms with E-state index in [4.69, 9.17) is 9.47 Å². The zero-order valence-electron chi connectivity index (χ0n) is 34.6. The van der Waals surface area contributed by atoms with E-state index in [-0.39, 0.29) is 54.0 Å². The molecule has 13 heteroatoms. The molecule has 5 rings (SSSR count). The number of likely N-dealkylation sites (tertiary alicyclic amines) is 1. The van der Waals surface area contributed by atoms with Crippen LogP contribution < -0.4 is 16.0 Å². The number of likely N-dealkylation sites (N-methyl/N-ethyl adjacent to an activating group) is 1. The van der Waals surface area contributed by atoms with E-state index in [1.807, 2.05) is 56.0 Å². The van der Waals surface area contributed by atoms with Gasteiger partial charge < -0.3 is 35.2 Å². The molecule has 1 aromatic heterocycles. The minimum absolute atomic E-state index is 0.000287. The molecule has 56 heavy (non-hydrogen) atoms. The highest BCUT2D eigenvalue weighted by Crippen LogP contribution is 2.35. The quantitative estimate of drug-likeness (QED) is 0.192. The molecule has 2 bridgehead atoms.